The Hall–Kier alpha value is -3.64. The Balaban J connectivity index is 1.24. The van der Waals surface area contributed by atoms with Gasteiger partial charge in [0.25, 0.3) is 0 Å². The molecule has 4 rings (SSSR count). The predicted octanol–water partition coefficient (Wildman–Crippen LogP) is 4.39. The Morgan fingerprint density at radius 2 is 1.47 bits per heavy atom. The van der Waals surface area contributed by atoms with E-state index in [-0.39, 0.29) is 5.78 Å². The van der Waals surface area contributed by atoms with E-state index in [0.717, 1.165) is 22.3 Å². The first-order valence-electron chi connectivity index (χ1n) is 10.4. The topological polar surface area (TPSA) is 82.1 Å². The van der Waals surface area contributed by atoms with E-state index in [1.54, 1.807) is 0 Å². The maximum Gasteiger partial charge on any atom is 0.333 e. The molecule has 0 aromatic heterocycles. The largest absolute Gasteiger partial charge is 0.493 e. The molecule has 3 aromatic rings. The lowest BCUT2D eigenvalue weighted by Crippen LogP contribution is -2.24. The fraction of sp³-hybridized carbons (Fsp3) is 0.231. The minimum atomic E-state index is -0.981. The molecule has 0 saturated carbocycles. The van der Waals surface area contributed by atoms with Gasteiger partial charge in [0.1, 0.15) is 11.5 Å². The number of carboxylic acid groups (broad SMARTS) is 1. The third kappa shape index (κ3) is 4.65. The summed E-state index contributed by atoms with van der Waals surface area (Å²) >= 11 is 0. The standard InChI is InChI=1S/C26H24O6/c1-30-24(26(28)29)15-17-7-9-18(10-8-17)31-13-4-14-32-19-11-12-21-20-5-2-3-6-22(20)25(27)23(21)16-19/h2-3,5-12,16,24H,4,13-15H2,1H3,(H,28,29)/t24-/m0/s1. The zero-order chi connectivity index (χ0) is 22.5. The highest BCUT2D eigenvalue weighted by molar-refractivity contribution is 6.21. The number of fused-ring (bicyclic) bond motifs is 3. The average molecular weight is 432 g/mol. The number of hydrogen-bond acceptors (Lipinski definition) is 5. The molecule has 1 aliphatic carbocycles. The normalized spacial score (nSPS) is 12.7. The smallest absolute Gasteiger partial charge is 0.333 e. The third-order valence-electron chi connectivity index (χ3n) is 5.43. The summed E-state index contributed by atoms with van der Waals surface area (Å²) < 4.78 is 16.5. The van der Waals surface area contributed by atoms with Crippen molar-refractivity contribution in [2.24, 2.45) is 0 Å². The molecule has 1 N–H and O–H groups in total. The van der Waals surface area contributed by atoms with Gasteiger partial charge in [-0.25, -0.2) is 4.79 Å². The maximum absolute atomic E-state index is 12.6. The van der Waals surface area contributed by atoms with Crippen LogP contribution < -0.4 is 9.47 Å². The van der Waals surface area contributed by atoms with E-state index >= 15 is 0 Å². The van der Waals surface area contributed by atoms with Crippen molar-refractivity contribution in [1.29, 1.82) is 0 Å². The van der Waals surface area contributed by atoms with Crippen LogP contribution in [0.15, 0.2) is 66.7 Å². The summed E-state index contributed by atoms with van der Waals surface area (Å²) in [5, 5.41) is 9.06. The SMILES string of the molecule is CO[C@@H](Cc1ccc(OCCCOc2ccc3c(c2)C(=O)c2ccccc2-3)cc1)C(=O)O. The first-order chi connectivity index (χ1) is 15.6. The highest BCUT2D eigenvalue weighted by atomic mass is 16.5. The molecular weight excluding hydrogens is 408 g/mol. The number of benzene rings is 3. The number of methoxy groups -OCH3 is 1. The fourth-order valence-electron chi connectivity index (χ4n) is 3.74. The number of carbonyl (C=O) groups excluding carboxylic acids is 1. The van der Waals surface area contributed by atoms with Gasteiger partial charge in [0.05, 0.1) is 13.2 Å². The summed E-state index contributed by atoms with van der Waals surface area (Å²) in [6.45, 7) is 0.941. The molecule has 6 heteroatoms. The zero-order valence-corrected chi connectivity index (χ0v) is 17.7. The van der Waals surface area contributed by atoms with Crippen molar-refractivity contribution >= 4 is 11.8 Å². The van der Waals surface area contributed by atoms with E-state index in [1.807, 2.05) is 66.7 Å². The summed E-state index contributed by atoms with van der Waals surface area (Å²) in [5.41, 5.74) is 4.20. The molecule has 0 bridgehead atoms. The third-order valence-corrected chi connectivity index (χ3v) is 5.43. The lowest BCUT2D eigenvalue weighted by atomic mass is 10.1. The molecule has 0 amide bonds. The number of rotatable bonds is 10. The first-order valence-corrected chi connectivity index (χ1v) is 10.4. The molecule has 3 aromatic carbocycles. The van der Waals surface area contributed by atoms with Crippen molar-refractivity contribution in [2.75, 3.05) is 20.3 Å². The number of carbonyl (C=O) groups is 2. The van der Waals surface area contributed by atoms with Crippen molar-refractivity contribution in [3.8, 4) is 22.6 Å². The summed E-state index contributed by atoms with van der Waals surface area (Å²) in [7, 11) is 1.39. The van der Waals surface area contributed by atoms with Crippen LogP contribution in [0, 0.1) is 0 Å². The zero-order valence-electron chi connectivity index (χ0n) is 17.7. The monoisotopic (exact) mass is 432 g/mol. The Bertz CT molecular complexity index is 1120. The van der Waals surface area contributed by atoms with Crippen LogP contribution in [0.25, 0.3) is 11.1 Å². The van der Waals surface area contributed by atoms with Crippen molar-refractivity contribution in [3.05, 3.63) is 83.4 Å². The molecule has 0 spiro atoms. The van der Waals surface area contributed by atoms with Crippen LogP contribution in [0.3, 0.4) is 0 Å². The van der Waals surface area contributed by atoms with Gasteiger partial charge in [0.2, 0.25) is 0 Å². The van der Waals surface area contributed by atoms with Crippen molar-refractivity contribution in [1.82, 2.24) is 0 Å². The number of carboxylic acids is 1. The van der Waals surface area contributed by atoms with Crippen molar-refractivity contribution < 1.29 is 28.9 Å². The van der Waals surface area contributed by atoms with Crippen LogP contribution in [-0.4, -0.2) is 43.3 Å². The van der Waals surface area contributed by atoms with Gasteiger partial charge in [0, 0.05) is 31.1 Å². The number of ether oxygens (including phenoxy) is 3. The molecule has 6 nitrogen and oxygen atoms in total. The van der Waals surface area contributed by atoms with Gasteiger partial charge in [-0.05, 0) is 47.0 Å². The highest BCUT2D eigenvalue weighted by Gasteiger charge is 2.26. The fourth-order valence-corrected chi connectivity index (χ4v) is 3.74. The Kier molecular flexibility index (Phi) is 6.52. The van der Waals surface area contributed by atoms with Crippen LogP contribution >= 0.6 is 0 Å². The van der Waals surface area contributed by atoms with Crippen LogP contribution in [0.4, 0.5) is 0 Å². The van der Waals surface area contributed by atoms with Gasteiger partial charge >= 0.3 is 5.97 Å². The second kappa shape index (κ2) is 9.66. The molecule has 0 aliphatic heterocycles. The highest BCUT2D eigenvalue weighted by Crippen LogP contribution is 2.38. The second-order valence-electron chi connectivity index (χ2n) is 7.54. The molecule has 32 heavy (non-hydrogen) atoms. The van der Waals surface area contributed by atoms with Crippen molar-refractivity contribution in [3.63, 3.8) is 0 Å². The summed E-state index contributed by atoms with van der Waals surface area (Å²) in [5.74, 6) is 0.428. The van der Waals surface area contributed by atoms with Gasteiger partial charge in [-0.2, -0.15) is 0 Å². The Morgan fingerprint density at radius 3 is 2.16 bits per heavy atom. The van der Waals surface area contributed by atoms with E-state index in [1.165, 1.54) is 7.11 Å². The van der Waals surface area contributed by atoms with Gasteiger partial charge in [-0.3, -0.25) is 4.79 Å². The average Bonchev–Trinajstić information content (AvgIpc) is 3.10. The molecule has 164 valence electrons. The van der Waals surface area contributed by atoms with E-state index in [9.17, 15) is 9.59 Å². The van der Waals surface area contributed by atoms with Crippen LogP contribution in [0.1, 0.15) is 27.9 Å². The van der Waals surface area contributed by atoms with Gasteiger partial charge in [0.15, 0.2) is 11.9 Å². The lowest BCUT2D eigenvalue weighted by Gasteiger charge is -2.11. The molecule has 1 aliphatic rings. The summed E-state index contributed by atoms with van der Waals surface area (Å²) in [6, 6.07) is 20.6. The molecule has 0 unspecified atom stereocenters. The Labute approximate surface area is 186 Å². The number of aliphatic carboxylic acids is 1. The van der Waals surface area contributed by atoms with E-state index in [4.69, 9.17) is 19.3 Å². The second-order valence-corrected chi connectivity index (χ2v) is 7.54. The van der Waals surface area contributed by atoms with Crippen molar-refractivity contribution in [2.45, 2.75) is 18.9 Å². The molecule has 0 saturated heterocycles. The van der Waals surface area contributed by atoms with Crippen LogP contribution in [-0.2, 0) is 16.0 Å². The van der Waals surface area contributed by atoms with Gasteiger partial charge in [-0.1, -0.05) is 36.4 Å². The maximum atomic E-state index is 12.6. The predicted molar refractivity (Wildman–Crippen MR) is 119 cm³/mol. The minimum Gasteiger partial charge on any atom is -0.493 e. The van der Waals surface area contributed by atoms with E-state index in [0.29, 0.717) is 43.1 Å². The van der Waals surface area contributed by atoms with E-state index < -0.39 is 12.1 Å². The molecule has 0 fully saturated rings. The number of ketones is 1. The molecule has 1 atom stereocenters. The lowest BCUT2D eigenvalue weighted by molar-refractivity contribution is -0.148. The van der Waals surface area contributed by atoms with Gasteiger partial charge in [-0.15, -0.1) is 0 Å². The number of hydrogen-bond donors (Lipinski definition) is 1. The van der Waals surface area contributed by atoms with Gasteiger partial charge < -0.3 is 19.3 Å². The first kappa shape index (κ1) is 21.6. The Morgan fingerprint density at radius 1 is 0.844 bits per heavy atom. The molecule has 0 radical (unpaired) electrons. The van der Waals surface area contributed by atoms with E-state index in [2.05, 4.69) is 0 Å². The summed E-state index contributed by atoms with van der Waals surface area (Å²) in [6.07, 6.45) is 0.120. The quantitative estimate of drug-likeness (QED) is 0.374. The van der Waals surface area contributed by atoms with Crippen LogP contribution in [0.5, 0.6) is 11.5 Å². The minimum absolute atomic E-state index is 0.0352. The summed E-state index contributed by atoms with van der Waals surface area (Å²) in [4.78, 5) is 23.6. The molecule has 0 heterocycles. The molecular formula is C26H24O6. The van der Waals surface area contributed by atoms with Crippen LogP contribution in [0.2, 0.25) is 0 Å².